The van der Waals surface area contributed by atoms with E-state index in [1.165, 1.54) is 25.5 Å². The molecule has 0 radical (unpaired) electrons. The van der Waals surface area contributed by atoms with Crippen LogP contribution in [0.2, 0.25) is 0 Å². The monoisotopic (exact) mass is 208 g/mol. The van der Waals surface area contributed by atoms with Gasteiger partial charge in [-0.15, -0.1) is 0 Å². The second-order valence-electron chi connectivity index (χ2n) is 4.66. The van der Waals surface area contributed by atoms with Crippen LogP contribution in [0.25, 0.3) is 0 Å². The summed E-state index contributed by atoms with van der Waals surface area (Å²) >= 11 is 0. The molecular formula is C12H16O3. The van der Waals surface area contributed by atoms with Gasteiger partial charge in [0.15, 0.2) is 0 Å². The van der Waals surface area contributed by atoms with Crippen LogP contribution in [0, 0.1) is 11.8 Å². The number of carbonyl (C=O) groups is 1. The zero-order valence-corrected chi connectivity index (χ0v) is 8.99. The Kier molecular flexibility index (Phi) is 2.09. The molecule has 1 saturated carbocycles. The lowest BCUT2D eigenvalue weighted by Gasteiger charge is -2.16. The number of ether oxygens (including phenoxy) is 2. The van der Waals surface area contributed by atoms with Gasteiger partial charge in [0.05, 0.1) is 13.2 Å². The van der Waals surface area contributed by atoms with Crippen molar-refractivity contribution in [3.8, 4) is 0 Å². The van der Waals surface area contributed by atoms with Crippen LogP contribution in [0.1, 0.15) is 25.7 Å². The van der Waals surface area contributed by atoms with E-state index in [-0.39, 0.29) is 12.1 Å². The van der Waals surface area contributed by atoms with Crippen molar-refractivity contribution >= 4 is 5.97 Å². The third-order valence-electron chi connectivity index (χ3n) is 4.06. The average Bonchev–Trinajstić information content (AvgIpc) is 2.86. The molecule has 1 saturated heterocycles. The Bertz CT molecular complexity index is 332. The van der Waals surface area contributed by atoms with Crippen LogP contribution in [0.5, 0.6) is 0 Å². The van der Waals surface area contributed by atoms with Crippen LogP contribution in [-0.4, -0.2) is 25.8 Å². The highest BCUT2D eigenvalue weighted by Crippen LogP contribution is 2.51. The minimum absolute atomic E-state index is 0.116. The Labute approximate surface area is 89.4 Å². The third kappa shape index (κ3) is 1.19. The number of carbonyl (C=O) groups excluding carboxylic acids is 1. The molecule has 0 aromatic rings. The molecule has 3 nitrogen and oxygen atoms in total. The standard InChI is InChI=1S/C12H16O3/c1-14-12(13)10-7-3-2-4-8(7)11-9(10)5-6-15-11/h8-9,11H,2-6H2,1H3/t8-,9-,11+/m1/s1. The summed E-state index contributed by atoms with van der Waals surface area (Å²) in [5.74, 6) is 0.735. The molecule has 0 amide bonds. The molecule has 1 aliphatic heterocycles. The lowest BCUT2D eigenvalue weighted by atomic mass is 9.94. The molecule has 82 valence electrons. The van der Waals surface area contributed by atoms with Gasteiger partial charge in [-0.1, -0.05) is 5.57 Å². The molecule has 1 heterocycles. The Morgan fingerprint density at radius 3 is 3.07 bits per heavy atom. The molecule has 2 fully saturated rings. The SMILES string of the molecule is COC(=O)C1=C2CCC[C@H]2[C@@H]2OCC[C@H]12. The first-order chi connectivity index (χ1) is 7.33. The minimum atomic E-state index is -0.116. The first kappa shape index (κ1) is 9.40. The predicted molar refractivity (Wildman–Crippen MR) is 54.2 cm³/mol. The lowest BCUT2D eigenvalue weighted by molar-refractivity contribution is -0.136. The summed E-state index contributed by atoms with van der Waals surface area (Å²) < 4.78 is 10.7. The van der Waals surface area contributed by atoms with E-state index in [0.29, 0.717) is 11.8 Å². The summed E-state index contributed by atoms with van der Waals surface area (Å²) in [5.41, 5.74) is 2.30. The van der Waals surface area contributed by atoms with E-state index in [1.54, 1.807) is 0 Å². The quantitative estimate of drug-likeness (QED) is 0.615. The molecule has 3 rings (SSSR count). The number of rotatable bonds is 1. The van der Waals surface area contributed by atoms with Crippen LogP contribution in [0.3, 0.4) is 0 Å². The molecule has 3 atom stereocenters. The van der Waals surface area contributed by atoms with Crippen molar-refractivity contribution in [2.24, 2.45) is 11.8 Å². The van der Waals surface area contributed by atoms with E-state index in [1.807, 2.05) is 0 Å². The van der Waals surface area contributed by atoms with Crippen molar-refractivity contribution < 1.29 is 14.3 Å². The van der Waals surface area contributed by atoms with Gasteiger partial charge in [0, 0.05) is 24.0 Å². The maximum absolute atomic E-state index is 11.8. The van der Waals surface area contributed by atoms with E-state index >= 15 is 0 Å². The molecule has 0 aromatic carbocycles. The van der Waals surface area contributed by atoms with Crippen molar-refractivity contribution in [2.75, 3.05) is 13.7 Å². The summed E-state index contributed by atoms with van der Waals surface area (Å²) in [7, 11) is 1.48. The van der Waals surface area contributed by atoms with Crippen LogP contribution in [0.15, 0.2) is 11.1 Å². The van der Waals surface area contributed by atoms with Crippen molar-refractivity contribution in [1.29, 1.82) is 0 Å². The Hall–Kier alpha value is -0.830. The van der Waals surface area contributed by atoms with Crippen LogP contribution in [0.4, 0.5) is 0 Å². The fraction of sp³-hybridized carbons (Fsp3) is 0.750. The van der Waals surface area contributed by atoms with Crippen molar-refractivity contribution in [1.82, 2.24) is 0 Å². The van der Waals surface area contributed by atoms with Gasteiger partial charge in [-0.2, -0.15) is 0 Å². The minimum Gasteiger partial charge on any atom is -0.466 e. The van der Waals surface area contributed by atoms with Gasteiger partial charge in [-0.25, -0.2) is 4.79 Å². The zero-order chi connectivity index (χ0) is 10.4. The van der Waals surface area contributed by atoms with E-state index in [2.05, 4.69) is 0 Å². The highest BCUT2D eigenvalue weighted by Gasteiger charge is 2.49. The number of esters is 1. The summed E-state index contributed by atoms with van der Waals surface area (Å²) in [6.45, 7) is 0.805. The Balaban J connectivity index is 2.00. The number of hydrogen-bond acceptors (Lipinski definition) is 3. The maximum atomic E-state index is 11.8. The number of fused-ring (bicyclic) bond motifs is 3. The number of hydrogen-bond donors (Lipinski definition) is 0. The van der Waals surface area contributed by atoms with Gasteiger partial charge in [-0.05, 0) is 25.7 Å². The molecule has 0 N–H and O–H groups in total. The van der Waals surface area contributed by atoms with Crippen molar-refractivity contribution in [3.05, 3.63) is 11.1 Å². The smallest absolute Gasteiger partial charge is 0.334 e. The fourth-order valence-corrected chi connectivity index (χ4v) is 3.52. The topological polar surface area (TPSA) is 35.5 Å². The van der Waals surface area contributed by atoms with Gasteiger partial charge in [0.2, 0.25) is 0 Å². The zero-order valence-electron chi connectivity index (χ0n) is 8.99. The predicted octanol–water partition coefficient (Wildman–Crippen LogP) is 1.67. The van der Waals surface area contributed by atoms with Crippen LogP contribution in [-0.2, 0) is 14.3 Å². The molecule has 0 bridgehead atoms. The summed E-state index contributed by atoms with van der Waals surface area (Å²) in [6.07, 6.45) is 4.75. The van der Waals surface area contributed by atoms with E-state index in [4.69, 9.17) is 9.47 Å². The first-order valence-corrected chi connectivity index (χ1v) is 5.75. The van der Waals surface area contributed by atoms with Gasteiger partial charge >= 0.3 is 5.97 Å². The van der Waals surface area contributed by atoms with Crippen LogP contribution >= 0.6 is 0 Å². The fourth-order valence-electron chi connectivity index (χ4n) is 3.52. The number of methoxy groups -OCH3 is 1. The van der Waals surface area contributed by atoms with Crippen molar-refractivity contribution in [3.63, 3.8) is 0 Å². The van der Waals surface area contributed by atoms with Gasteiger partial charge in [0.1, 0.15) is 0 Å². The third-order valence-corrected chi connectivity index (χ3v) is 4.06. The van der Waals surface area contributed by atoms with Gasteiger partial charge < -0.3 is 9.47 Å². The van der Waals surface area contributed by atoms with Crippen LogP contribution < -0.4 is 0 Å². The van der Waals surface area contributed by atoms with Crippen molar-refractivity contribution in [2.45, 2.75) is 31.8 Å². The van der Waals surface area contributed by atoms with Gasteiger partial charge in [0.25, 0.3) is 0 Å². The Morgan fingerprint density at radius 2 is 2.27 bits per heavy atom. The molecule has 2 aliphatic carbocycles. The molecule has 3 heteroatoms. The first-order valence-electron chi connectivity index (χ1n) is 5.75. The van der Waals surface area contributed by atoms with E-state index in [0.717, 1.165) is 25.0 Å². The van der Waals surface area contributed by atoms with E-state index in [9.17, 15) is 4.79 Å². The Morgan fingerprint density at radius 1 is 1.40 bits per heavy atom. The highest BCUT2D eigenvalue weighted by molar-refractivity contribution is 5.91. The molecule has 3 aliphatic rings. The lowest BCUT2D eigenvalue weighted by Crippen LogP contribution is -2.21. The summed E-state index contributed by atoms with van der Waals surface area (Å²) in [5, 5.41) is 0. The molecule has 0 aromatic heterocycles. The van der Waals surface area contributed by atoms with Gasteiger partial charge in [-0.3, -0.25) is 0 Å². The molecular weight excluding hydrogens is 192 g/mol. The summed E-state index contributed by atoms with van der Waals surface area (Å²) in [6, 6.07) is 0. The molecule has 0 unspecified atom stereocenters. The molecule has 15 heavy (non-hydrogen) atoms. The largest absolute Gasteiger partial charge is 0.466 e. The molecule has 0 spiro atoms. The second-order valence-corrected chi connectivity index (χ2v) is 4.66. The average molecular weight is 208 g/mol. The highest BCUT2D eigenvalue weighted by atomic mass is 16.5. The van der Waals surface area contributed by atoms with E-state index < -0.39 is 0 Å². The normalized spacial score (nSPS) is 38.1. The maximum Gasteiger partial charge on any atom is 0.334 e. The second kappa shape index (κ2) is 3.34. The summed E-state index contributed by atoms with van der Waals surface area (Å²) in [4.78, 5) is 11.8.